The quantitative estimate of drug-likeness (QED) is 0.603. The molecule has 0 atom stereocenters. The number of carbonyl (C=O) groups is 1. The Labute approximate surface area is 186 Å². The SMILES string of the molecule is COc1ccc(Cn2ncc3c(N4CCNCC4)c(Cl)cnc32)cc1.O=C(O)C(F)(F)F. The number of aliphatic carboxylic acids is 1. The molecule has 8 nitrogen and oxygen atoms in total. The summed E-state index contributed by atoms with van der Waals surface area (Å²) in [6.45, 7) is 4.44. The number of nitrogens with zero attached hydrogens (tertiary/aromatic N) is 4. The molecule has 4 rings (SSSR count). The number of hydrogen-bond donors (Lipinski definition) is 2. The number of benzene rings is 1. The highest BCUT2D eigenvalue weighted by Crippen LogP contribution is 2.33. The Balaban J connectivity index is 0.000000360. The third-order valence-corrected chi connectivity index (χ3v) is 5.04. The molecule has 2 N–H and O–H groups in total. The summed E-state index contributed by atoms with van der Waals surface area (Å²) in [5, 5.41) is 16.7. The number of anilines is 1. The number of rotatable bonds is 4. The van der Waals surface area contributed by atoms with E-state index >= 15 is 0 Å². The fraction of sp³-hybridized carbons (Fsp3) is 0.350. The van der Waals surface area contributed by atoms with Crippen LogP contribution in [0.25, 0.3) is 11.0 Å². The lowest BCUT2D eigenvalue weighted by Gasteiger charge is -2.30. The molecule has 12 heteroatoms. The summed E-state index contributed by atoms with van der Waals surface area (Å²) in [4.78, 5) is 15.7. The van der Waals surface area contributed by atoms with Gasteiger partial charge in [0.15, 0.2) is 5.65 Å². The van der Waals surface area contributed by atoms with Gasteiger partial charge in [-0.3, -0.25) is 0 Å². The first-order valence-electron chi connectivity index (χ1n) is 9.59. The normalized spacial score (nSPS) is 14.1. The Morgan fingerprint density at radius 1 is 1.22 bits per heavy atom. The first-order valence-corrected chi connectivity index (χ1v) is 9.97. The van der Waals surface area contributed by atoms with Gasteiger partial charge in [-0.15, -0.1) is 0 Å². The van der Waals surface area contributed by atoms with Crippen molar-refractivity contribution in [3.8, 4) is 5.75 Å². The summed E-state index contributed by atoms with van der Waals surface area (Å²) in [5.41, 5.74) is 3.04. The number of carboxylic acid groups (broad SMARTS) is 1. The number of pyridine rings is 1. The van der Waals surface area contributed by atoms with Crippen LogP contribution in [0, 0.1) is 0 Å². The molecule has 1 saturated heterocycles. The van der Waals surface area contributed by atoms with Crippen molar-refractivity contribution in [2.75, 3.05) is 38.2 Å². The van der Waals surface area contributed by atoms with E-state index in [1.165, 1.54) is 0 Å². The molecular formula is C20H21ClF3N5O3. The summed E-state index contributed by atoms with van der Waals surface area (Å²) in [6.07, 6.45) is -1.48. The number of halogens is 4. The number of ether oxygens (including phenoxy) is 1. The van der Waals surface area contributed by atoms with Gasteiger partial charge < -0.3 is 20.1 Å². The Kier molecular flexibility index (Phi) is 7.41. The topological polar surface area (TPSA) is 92.5 Å². The number of hydrogen-bond acceptors (Lipinski definition) is 6. The van der Waals surface area contributed by atoms with Gasteiger partial charge in [0.2, 0.25) is 0 Å². The maximum absolute atomic E-state index is 10.6. The number of alkyl halides is 3. The van der Waals surface area contributed by atoms with Gasteiger partial charge in [-0.2, -0.15) is 18.3 Å². The molecule has 0 radical (unpaired) electrons. The van der Waals surface area contributed by atoms with E-state index in [1.807, 2.05) is 35.1 Å². The van der Waals surface area contributed by atoms with Crippen LogP contribution in [0.15, 0.2) is 36.7 Å². The van der Waals surface area contributed by atoms with Gasteiger partial charge in [0.25, 0.3) is 0 Å². The second-order valence-corrected chi connectivity index (χ2v) is 7.29. The lowest BCUT2D eigenvalue weighted by atomic mass is 10.2. The van der Waals surface area contributed by atoms with Crippen molar-refractivity contribution < 1.29 is 27.8 Å². The van der Waals surface area contributed by atoms with Crippen molar-refractivity contribution in [3.05, 3.63) is 47.2 Å². The van der Waals surface area contributed by atoms with E-state index in [1.54, 1.807) is 13.3 Å². The van der Waals surface area contributed by atoms with Crippen molar-refractivity contribution in [1.82, 2.24) is 20.1 Å². The molecule has 3 aromatic rings. The monoisotopic (exact) mass is 471 g/mol. The predicted octanol–water partition coefficient (Wildman–Crippen LogP) is 3.18. The summed E-state index contributed by atoms with van der Waals surface area (Å²) in [7, 11) is 1.67. The average Bonchev–Trinajstić information content (AvgIpc) is 3.17. The minimum atomic E-state index is -5.08. The molecule has 1 fully saturated rings. The van der Waals surface area contributed by atoms with Gasteiger partial charge in [-0.05, 0) is 17.7 Å². The lowest BCUT2D eigenvalue weighted by molar-refractivity contribution is -0.192. The first kappa shape index (κ1) is 23.6. The molecular weight excluding hydrogens is 451 g/mol. The largest absolute Gasteiger partial charge is 0.497 e. The molecule has 0 unspecified atom stereocenters. The molecule has 1 aromatic carbocycles. The summed E-state index contributed by atoms with van der Waals surface area (Å²) in [5.74, 6) is -1.91. The zero-order valence-corrected chi connectivity index (χ0v) is 17.8. The molecule has 1 aliphatic heterocycles. The van der Waals surface area contributed by atoms with Crippen LogP contribution in [-0.4, -0.2) is 65.3 Å². The smallest absolute Gasteiger partial charge is 0.490 e. The van der Waals surface area contributed by atoms with Crippen LogP contribution in [0.4, 0.5) is 18.9 Å². The van der Waals surface area contributed by atoms with E-state index in [-0.39, 0.29) is 0 Å². The maximum atomic E-state index is 10.6. The number of carboxylic acids is 1. The molecule has 172 valence electrons. The predicted molar refractivity (Wildman–Crippen MR) is 113 cm³/mol. The van der Waals surface area contributed by atoms with E-state index < -0.39 is 12.1 Å². The molecule has 0 spiro atoms. The minimum Gasteiger partial charge on any atom is -0.497 e. The molecule has 0 bridgehead atoms. The third-order valence-electron chi connectivity index (χ3n) is 4.76. The van der Waals surface area contributed by atoms with Gasteiger partial charge in [0, 0.05) is 26.2 Å². The number of nitrogens with one attached hydrogen (secondary N) is 1. The van der Waals surface area contributed by atoms with Crippen LogP contribution in [0.5, 0.6) is 5.75 Å². The van der Waals surface area contributed by atoms with E-state index in [0.29, 0.717) is 11.6 Å². The van der Waals surface area contributed by atoms with Crippen molar-refractivity contribution in [2.24, 2.45) is 0 Å². The zero-order chi connectivity index (χ0) is 23.3. The highest BCUT2D eigenvalue weighted by Gasteiger charge is 2.38. The van der Waals surface area contributed by atoms with Crippen molar-refractivity contribution in [2.45, 2.75) is 12.7 Å². The Morgan fingerprint density at radius 3 is 2.41 bits per heavy atom. The van der Waals surface area contributed by atoms with Crippen LogP contribution in [0.2, 0.25) is 5.02 Å². The van der Waals surface area contributed by atoms with Gasteiger partial charge in [-0.1, -0.05) is 23.7 Å². The van der Waals surface area contributed by atoms with E-state index in [9.17, 15) is 13.2 Å². The molecule has 0 aliphatic carbocycles. The number of methoxy groups -OCH3 is 1. The van der Waals surface area contributed by atoms with Crippen LogP contribution >= 0.6 is 11.6 Å². The molecule has 32 heavy (non-hydrogen) atoms. The first-order chi connectivity index (χ1) is 15.2. The van der Waals surface area contributed by atoms with Crippen LogP contribution in [-0.2, 0) is 11.3 Å². The Bertz CT molecular complexity index is 1070. The standard InChI is InChI=1S/C18H20ClN5O.C2HF3O2/c1-25-14-4-2-13(3-5-14)12-24-18-15(10-22-24)17(16(19)11-21-18)23-8-6-20-7-9-23;3-2(4,5)1(6)7/h2-5,10-11,20H,6-9,12H2,1H3;(H,6,7). The Hall–Kier alpha value is -3.05. The number of fused-ring (bicyclic) bond motifs is 1. The zero-order valence-electron chi connectivity index (χ0n) is 17.1. The van der Waals surface area contributed by atoms with Crippen molar-refractivity contribution in [3.63, 3.8) is 0 Å². The summed E-state index contributed by atoms with van der Waals surface area (Å²) in [6, 6.07) is 7.99. The van der Waals surface area contributed by atoms with Gasteiger partial charge >= 0.3 is 12.1 Å². The van der Waals surface area contributed by atoms with Crippen molar-refractivity contribution in [1.29, 1.82) is 0 Å². The highest BCUT2D eigenvalue weighted by atomic mass is 35.5. The van der Waals surface area contributed by atoms with Gasteiger partial charge in [0.05, 0.1) is 42.1 Å². The molecule has 1 aliphatic rings. The van der Waals surface area contributed by atoms with Crippen molar-refractivity contribution >= 4 is 34.3 Å². The molecule has 2 aromatic heterocycles. The second kappa shape index (κ2) is 10.0. The average molecular weight is 472 g/mol. The fourth-order valence-corrected chi connectivity index (χ4v) is 3.49. The Morgan fingerprint density at radius 2 is 1.84 bits per heavy atom. The molecule has 0 amide bonds. The summed E-state index contributed by atoms with van der Waals surface area (Å²) >= 11 is 6.46. The van der Waals surface area contributed by atoms with Crippen LogP contribution in [0.3, 0.4) is 0 Å². The third kappa shape index (κ3) is 5.60. The number of aromatic nitrogens is 3. The van der Waals surface area contributed by atoms with E-state index in [2.05, 4.69) is 20.3 Å². The second-order valence-electron chi connectivity index (χ2n) is 6.88. The minimum absolute atomic E-state index is 0.656. The molecule has 0 saturated carbocycles. The number of piperazine rings is 1. The van der Waals surface area contributed by atoms with E-state index in [0.717, 1.165) is 54.2 Å². The maximum Gasteiger partial charge on any atom is 0.490 e. The van der Waals surface area contributed by atoms with Gasteiger partial charge in [0.1, 0.15) is 5.75 Å². The van der Waals surface area contributed by atoms with E-state index in [4.69, 9.17) is 26.2 Å². The molecule has 3 heterocycles. The van der Waals surface area contributed by atoms with Gasteiger partial charge in [-0.25, -0.2) is 14.5 Å². The lowest BCUT2D eigenvalue weighted by Crippen LogP contribution is -2.43. The fourth-order valence-electron chi connectivity index (χ4n) is 3.22. The summed E-state index contributed by atoms with van der Waals surface area (Å²) < 4.78 is 38.9. The van der Waals surface area contributed by atoms with Crippen LogP contribution < -0.4 is 15.0 Å². The van der Waals surface area contributed by atoms with Crippen LogP contribution in [0.1, 0.15) is 5.56 Å². The highest BCUT2D eigenvalue weighted by molar-refractivity contribution is 6.34.